The Kier molecular flexibility index (Phi) is 4.44. The summed E-state index contributed by atoms with van der Waals surface area (Å²) in [6.07, 6.45) is 4.91. The van der Waals surface area contributed by atoms with Crippen LogP contribution in [-0.2, 0) is 24.3 Å². The molecule has 0 radical (unpaired) electrons. The first-order valence-electron chi connectivity index (χ1n) is 8.89. The monoisotopic (exact) mass is 341 g/mol. The fourth-order valence-corrected chi connectivity index (χ4v) is 3.99. The van der Waals surface area contributed by atoms with Gasteiger partial charge in [-0.05, 0) is 42.6 Å². The molecule has 1 fully saturated rings. The summed E-state index contributed by atoms with van der Waals surface area (Å²) in [6.45, 7) is 3.68. The van der Waals surface area contributed by atoms with E-state index < -0.39 is 5.97 Å². The third-order valence-electron chi connectivity index (χ3n) is 5.12. The Morgan fingerprint density at radius 3 is 3.16 bits per heavy atom. The van der Waals surface area contributed by atoms with Gasteiger partial charge in [-0.2, -0.15) is 5.10 Å². The number of carboxylic acids is 1. The Morgan fingerprint density at radius 1 is 1.36 bits per heavy atom. The highest BCUT2D eigenvalue weighted by molar-refractivity contribution is 5.66. The molecule has 2 aromatic rings. The van der Waals surface area contributed by atoms with Crippen LogP contribution in [0.2, 0.25) is 0 Å². The van der Waals surface area contributed by atoms with E-state index in [1.165, 1.54) is 11.1 Å². The van der Waals surface area contributed by atoms with Crippen LogP contribution in [-0.4, -0.2) is 45.5 Å². The van der Waals surface area contributed by atoms with Crippen molar-refractivity contribution >= 4 is 5.97 Å². The largest absolute Gasteiger partial charge is 0.493 e. The Morgan fingerprint density at radius 2 is 2.28 bits per heavy atom. The standard InChI is InChI=1S/C19H23N3O3/c23-19(24)13-22-17(5-7-20-22)16-2-1-8-21(12-16)11-14-3-4-18-15(10-14)6-9-25-18/h3-5,7,10,16H,1-2,6,8-9,11-13H2,(H,23,24). The number of nitrogens with zero attached hydrogens (tertiary/aromatic N) is 3. The van der Waals surface area contributed by atoms with E-state index in [0.29, 0.717) is 5.92 Å². The lowest BCUT2D eigenvalue weighted by Crippen LogP contribution is -2.35. The van der Waals surface area contributed by atoms with Crippen molar-refractivity contribution in [3.63, 3.8) is 0 Å². The van der Waals surface area contributed by atoms with E-state index in [0.717, 1.165) is 56.9 Å². The molecular weight excluding hydrogens is 318 g/mol. The number of aliphatic carboxylic acids is 1. The molecule has 2 aliphatic heterocycles. The fourth-order valence-electron chi connectivity index (χ4n) is 3.99. The second-order valence-corrected chi connectivity index (χ2v) is 6.92. The molecule has 1 atom stereocenters. The minimum atomic E-state index is -0.849. The summed E-state index contributed by atoms with van der Waals surface area (Å²) in [5.74, 6) is 0.518. The summed E-state index contributed by atoms with van der Waals surface area (Å²) >= 11 is 0. The summed E-state index contributed by atoms with van der Waals surface area (Å²) in [7, 11) is 0. The van der Waals surface area contributed by atoms with Gasteiger partial charge in [-0.15, -0.1) is 0 Å². The molecule has 25 heavy (non-hydrogen) atoms. The van der Waals surface area contributed by atoms with Gasteiger partial charge in [0.15, 0.2) is 0 Å². The minimum Gasteiger partial charge on any atom is -0.493 e. The first kappa shape index (κ1) is 16.1. The van der Waals surface area contributed by atoms with E-state index in [1.54, 1.807) is 10.9 Å². The lowest BCUT2D eigenvalue weighted by atomic mass is 9.94. The van der Waals surface area contributed by atoms with Crippen molar-refractivity contribution in [1.29, 1.82) is 0 Å². The average Bonchev–Trinajstić information content (AvgIpc) is 3.23. The number of benzene rings is 1. The second kappa shape index (κ2) is 6.88. The summed E-state index contributed by atoms with van der Waals surface area (Å²) in [4.78, 5) is 13.5. The van der Waals surface area contributed by atoms with Crippen LogP contribution in [0.3, 0.4) is 0 Å². The topological polar surface area (TPSA) is 67.6 Å². The van der Waals surface area contributed by atoms with Crippen LogP contribution in [0.1, 0.15) is 35.6 Å². The molecule has 0 aliphatic carbocycles. The van der Waals surface area contributed by atoms with Crippen molar-refractivity contribution in [3.05, 3.63) is 47.3 Å². The smallest absolute Gasteiger partial charge is 0.325 e. The average molecular weight is 341 g/mol. The molecule has 0 saturated carbocycles. The fraction of sp³-hybridized carbons (Fsp3) is 0.474. The van der Waals surface area contributed by atoms with Crippen molar-refractivity contribution in [1.82, 2.24) is 14.7 Å². The Bertz CT molecular complexity index is 771. The quantitative estimate of drug-likeness (QED) is 0.904. The number of rotatable bonds is 5. The summed E-state index contributed by atoms with van der Waals surface area (Å²) in [6, 6.07) is 8.47. The highest BCUT2D eigenvalue weighted by atomic mass is 16.5. The number of hydrogen-bond acceptors (Lipinski definition) is 4. The van der Waals surface area contributed by atoms with Gasteiger partial charge in [-0.25, -0.2) is 0 Å². The summed E-state index contributed by atoms with van der Waals surface area (Å²) in [5.41, 5.74) is 3.67. The Hall–Kier alpha value is -2.34. The zero-order valence-corrected chi connectivity index (χ0v) is 14.2. The van der Waals surface area contributed by atoms with Crippen LogP contribution in [0, 0.1) is 0 Å². The van der Waals surface area contributed by atoms with Gasteiger partial charge in [0.2, 0.25) is 0 Å². The highest BCUT2D eigenvalue weighted by Gasteiger charge is 2.25. The molecule has 1 unspecified atom stereocenters. The summed E-state index contributed by atoms with van der Waals surface area (Å²) < 4.78 is 7.21. The molecule has 1 aromatic carbocycles. The lowest BCUT2D eigenvalue weighted by Gasteiger charge is -2.33. The zero-order chi connectivity index (χ0) is 17.2. The first-order valence-corrected chi connectivity index (χ1v) is 8.89. The number of likely N-dealkylation sites (tertiary alicyclic amines) is 1. The third kappa shape index (κ3) is 3.54. The van der Waals surface area contributed by atoms with Crippen LogP contribution in [0.15, 0.2) is 30.5 Å². The molecule has 2 aliphatic rings. The molecule has 0 bridgehead atoms. The Labute approximate surface area is 147 Å². The molecule has 132 valence electrons. The summed E-state index contributed by atoms with van der Waals surface area (Å²) in [5, 5.41) is 13.2. The molecule has 6 heteroatoms. The maximum Gasteiger partial charge on any atom is 0.325 e. The number of piperidine rings is 1. The van der Waals surface area contributed by atoms with E-state index in [2.05, 4.69) is 28.2 Å². The molecule has 6 nitrogen and oxygen atoms in total. The molecule has 0 spiro atoms. The van der Waals surface area contributed by atoms with Crippen LogP contribution >= 0.6 is 0 Å². The van der Waals surface area contributed by atoms with Gasteiger partial charge in [0, 0.05) is 37.3 Å². The SMILES string of the molecule is O=C(O)Cn1nccc1C1CCCN(Cc2ccc3c(c2)CCO3)C1. The van der Waals surface area contributed by atoms with Crippen LogP contribution in [0.5, 0.6) is 5.75 Å². The second-order valence-electron chi connectivity index (χ2n) is 6.92. The van der Waals surface area contributed by atoms with Crippen molar-refractivity contribution in [3.8, 4) is 5.75 Å². The highest BCUT2D eigenvalue weighted by Crippen LogP contribution is 2.30. The molecule has 0 amide bonds. The number of carbonyl (C=O) groups is 1. The van der Waals surface area contributed by atoms with Gasteiger partial charge < -0.3 is 9.84 Å². The maximum absolute atomic E-state index is 11.0. The molecule has 4 rings (SSSR count). The third-order valence-corrected chi connectivity index (χ3v) is 5.12. The van der Waals surface area contributed by atoms with E-state index >= 15 is 0 Å². The van der Waals surface area contributed by atoms with Crippen molar-refractivity contribution in [2.24, 2.45) is 0 Å². The molecule has 1 aromatic heterocycles. The van der Waals surface area contributed by atoms with Gasteiger partial charge in [-0.1, -0.05) is 12.1 Å². The van der Waals surface area contributed by atoms with Gasteiger partial charge in [0.1, 0.15) is 12.3 Å². The van der Waals surface area contributed by atoms with Gasteiger partial charge in [-0.3, -0.25) is 14.4 Å². The normalized spacial score (nSPS) is 20.2. The van der Waals surface area contributed by atoms with Gasteiger partial charge >= 0.3 is 5.97 Å². The molecule has 1 saturated heterocycles. The zero-order valence-electron chi connectivity index (χ0n) is 14.2. The van der Waals surface area contributed by atoms with E-state index in [9.17, 15) is 4.79 Å². The molecule has 1 N–H and O–H groups in total. The number of hydrogen-bond donors (Lipinski definition) is 1. The van der Waals surface area contributed by atoms with Gasteiger partial charge in [0.05, 0.1) is 6.61 Å². The number of ether oxygens (including phenoxy) is 1. The Balaban J connectivity index is 1.44. The number of aromatic nitrogens is 2. The van der Waals surface area contributed by atoms with E-state index in [-0.39, 0.29) is 6.54 Å². The maximum atomic E-state index is 11.0. The predicted octanol–water partition coefficient (Wildman–Crippen LogP) is 2.28. The van der Waals surface area contributed by atoms with Crippen LogP contribution < -0.4 is 4.74 Å². The first-order chi connectivity index (χ1) is 12.2. The van der Waals surface area contributed by atoms with Crippen molar-refractivity contribution in [2.45, 2.75) is 38.3 Å². The van der Waals surface area contributed by atoms with Gasteiger partial charge in [0.25, 0.3) is 0 Å². The number of carboxylic acid groups (broad SMARTS) is 1. The minimum absolute atomic E-state index is 0.0658. The molecule has 3 heterocycles. The van der Waals surface area contributed by atoms with E-state index in [4.69, 9.17) is 9.84 Å². The molecular formula is C19H23N3O3. The van der Waals surface area contributed by atoms with E-state index in [1.807, 2.05) is 6.07 Å². The van der Waals surface area contributed by atoms with Crippen LogP contribution in [0.25, 0.3) is 0 Å². The predicted molar refractivity (Wildman–Crippen MR) is 92.8 cm³/mol. The van der Waals surface area contributed by atoms with Crippen molar-refractivity contribution < 1.29 is 14.6 Å². The number of fused-ring (bicyclic) bond motifs is 1. The van der Waals surface area contributed by atoms with Crippen molar-refractivity contribution in [2.75, 3.05) is 19.7 Å². The lowest BCUT2D eigenvalue weighted by molar-refractivity contribution is -0.137. The van der Waals surface area contributed by atoms with Crippen LogP contribution in [0.4, 0.5) is 0 Å².